The highest BCUT2D eigenvalue weighted by molar-refractivity contribution is 7.16. The molecule has 2 aliphatic rings. The lowest BCUT2D eigenvalue weighted by Crippen LogP contribution is -2.36. The molecule has 0 saturated carbocycles. The number of thiophene rings is 1. The van der Waals surface area contributed by atoms with E-state index in [4.69, 9.17) is 4.52 Å². The van der Waals surface area contributed by atoms with Crippen molar-refractivity contribution < 1.29 is 13.7 Å². The van der Waals surface area contributed by atoms with Gasteiger partial charge in [0.25, 0.3) is 0 Å². The fraction of sp³-hybridized carbons (Fsp3) is 0.462. The van der Waals surface area contributed by atoms with Gasteiger partial charge in [-0.05, 0) is 74.9 Å². The zero-order valence-corrected chi connectivity index (χ0v) is 20.4. The molecule has 1 amide bonds. The predicted molar refractivity (Wildman–Crippen MR) is 132 cm³/mol. The molecule has 2 aromatic heterocycles. The monoisotopic (exact) mass is 493 g/mol. The van der Waals surface area contributed by atoms with Crippen LogP contribution in [0.5, 0.6) is 0 Å². The van der Waals surface area contributed by atoms with Gasteiger partial charge in [-0.3, -0.25) is 4.79 Å². The molecular weight excluding hydrogens is 465 g/mol. The third-order valence-corrected chi connectivity index (χ3v) is 8.05. The minimum Gasteiger partial charge on any atom is -0.339 e. The van der Waals surface area contributed by atoms with Crippen LogP contribution in [0.1, 0.15) is 66.3 Å². The molecule has 3 heterocycles. The summed E-state index contributed by atoms with van der Waals surface area (Å²) in [5.41, 5.74) is 2.52. The van der Waals surface area contributed by atoms with Crippen LogP contribution in [-0.2, 0) is 17.6 Å². The Bertz CT molecular complexity index is 1230. The van der Waals surface area contributed by atoms with E-state index in [0.717, 1.165) is 57.2 Å². The Labute approximate surface area is 207 Å². The highest BCUT2D eigenvalue weighted by Crippen LogP contribution is 2.37. The number of aryl methyl sites for hydroxylation is 1. The summed E-state index contributed by atoms with van der Waals surface area (Å²) in [6.07, 6.45) is 7.67. The highest BCUT2D eigenvalue weighted by atomic mass is 32.1. The maximum absolute atomic E-state index is 13.2. The van der Waals surface area contributed by atoms with E-state index in [1.165, 1.54) is 23.4 Å². The molecule has 0 bridgehead atoms. The molecule has 9 heteroatoms. The smallest absolute Gasteiger partial charge is 0.231 e. The van der Waals surface area contributed by atoms with Gasteiger partial charge in [-0.25, -0.2) is 4.39 Å². The molecule has 1 aliphatic carbocycles. The Balaban J connectivity index is 1.17. The second-order valence-electron chi connectivity index (χ2n) is 9.28. The summed E-state index contributed by atoms with van der Waals surface area (Å²) >= 11 is 1.57. The second-order valence-corrected chi connectivity index (χ2v) is 10.4. The molecular formula is C26H28FN5O2S. The first kappa shape index (κ1) is 23.6. The molecule has 5 rings (SSSR count). The van der Waals surface area contributed by atoms with Crippen LogP contribution in [0.4, 0.5) is 9.39 Å². The van der Waals surface area contributed by atoms with E-state index in [1.807, 2.05) is 0 Å². The molecule has 3 aromatic rings. The van der Waals surface area contributed by atoms with Crippen LogP contribution in [0.15, 0.2) is 28.8 Å². The zero-order valence-electron chi connectivity index (χ0n) is 19.6. The number of aromatic nitrogens is 2. The number of hydrogen-bond acceptors (Lipinski definition) is 7. The number of nitrogens with one attached hydrogen (secondary N) is 1. The minimum atomic E-state index is -0.303. The normalized spacial score (nSPS) is 18.5. The average molecular weight is 494 g/mol. The van der Waals surface area contributed by atoms with Crippen LogP contribution in [0.2, 0.25) is 0 Å². The van der Waals surface area contributed by atoms with Crippen LogP contribution in [0.3, 0.4) is 0 Å². The maximum atomic E-state index is 13.2. The largest absolute Gasteiger partial charge is 0.339 e. The third kappa shape index (κ3) is 5.44. The van der Waals surface area contributed by atoms with Crippen molar-refractivity contribution in [2.75, 3.05) is 25.0 Å². The first-order valence-corrected chi connectivity index (χ1v) is 13.1. The SMILES string of the molecule is N#Cc1c(NC(=O)CCN2CCC[C@@H](c3nc(-c4ccc(F)cc4)no3)C2)sc2c1CCCCC2. The summed E-state index contributed by atoms with van der Waals surface area (Å²) in [5, 5.41) is 17.5. The van der Waals surface area contributed by atoms with Crippen LogP contribution in [0, 0.1) is 17.1 Å². The Morgan fingerprint density at radius 3 is 2.89 bits per heavy atom. The lowest BCUT2D eigenvalue weighted by molar-refractivity contribution is -0.116. The number of hydrogen-bond donors (Lipinski definition) is 1. The minimum absolute atomic E-state index is 0.0589. The molecule has 1 saturated heterocycles. The summed E-state index contributed by atoms with van der Waals surface area (Å²) < 4.78 is 18.7. The Morgan fingerprint density at radius 1 is 1.23 bits per heavy atom. The third-order valence-electron chi connectivity index (χ3n) is 6.84. The molecule has 0 spiro atoms. The van der Waals surface area contributed by atoms with Crippen molar-refractivity contribution in [3.05, 3.63) is 52.0 Å². The number of halogens is 1. The van der Waals surface area contributed by atoms with E-state index >= 15 is 0 Å². The van der Waals surface area contributed by atoms with E-state index < -0.39 is 0 Å². The summed E-state index contributed by atoms with van der Waals surface area (Å²) in [6.45, 7) is 2.29. The van der Waals surface area contributed by atoms with E-state index in [2.05, 4.69) is 26.4 Å². The van der Waals surface area contributed by atoms with Crippen molar-refractivity contribution in [1.82, 2.24) is 15.0 Å². The number of nitrogens with zero attached hydrogens (tertiary/aromatic N) is 4. The molecule has 7 nitrogen and oxygen atoms in total. The first-order chi connectivity index (χ1) is 17.1. The molecule has 35 heavy (non-hydrogen) atoms. The Kier molecular flexibility index (Phi) is 7.21. The van der Waals surface area contributed by atoms with Crippen molar-refractivity contribution in [3.8, 4) is 17.5 Å². The molecule has 1 fully saturated rings. The van der Waals surface area contributed by atoms with Crippen molar-refractivity contribution in [3.63, 3.8) is 0 Å². The van der Waals surface area contributed by atoms with Crippen LogP contribution in [-0.4, -0.2) is 40.6 Å². The molecule has 0 unspecified atom stereocenters. The van der Waals surface area contributed by atoms with Gasteiger partial charge < -0.3 is 14.7 Å². The standard InChI is InChI=1S/C26H28FN5O2S/c27-19-10-8-17(9-11-19)24-30-25(34-31-24)18-5-4-13-32(16-18)14-12-23(33)29-26-21(15-28)20-6-2-1-3-7-22(20)35-26/h8-11,18H,1-7,12-14,16H2,(H,29,33)/t18-/m1/s1. The Hall–Kier alpha value is -3.09. The van der Waals surface area contributed by atoms with Gasteiger partial charge in [0.15, 0.2) is 0 Å². The number of amides is 1. The lowest BCUT2D eigenvalue weighted by Gasteiger charge is -2.30. The first-order valence-electron chi connectivity index (χ1n) is 12.3. The van der Waals surface area contributed by atoms with Gasteiger partial charge in [0.1, 0.15) is 16.9 Å². The van der Waals surface area contributed by atoms with Crippen molar-refractivity contribution in [2.45, 2.75) is 57.3 Å². The molecule has 1 aromatic carbocycles. The number of anilines is 1. The number of benzene rings is 1. The summed E-state index contributed by atoms with van der Waals surface area (Å²) in [5.74, 6) is 0.779. The fourth-order valence-electron chi connectivity index (χ4n) is 4.98. The van der Waals surface area contributed by atoms with Crippen LogP contribution < -0.4 is 5.32 Å². The van der Waals surface area contributed by atoms with Crippen molar-refractivity contribution in [2.24, 2.45) is 0 Å². The summed E-state index contributed by atoms with van der Waals surface area (Å²) in [6, 6.07) is 8.36. The number of carbonyl (C=O) groups excluding carboxylic acids is 1. The number of fused-ring (bicyclic) bond motifs is 1. The van der Waals surface area contributed by atoms with Crippen LogP contribution >= 0.6 is 11.3 Å². The zero-order chi connectivity index (χ0) is 24.2. The van der Waals surface area contributed by atoms with E-state index in [1.54, 1.807) is 23.5 Å². The molecule has 182 valence electrons. The van der Waals surface area contributed by atoms with Crippen molar-refractivity contribution >= 4 is 22.2 Å². The van der Waals surface area contributed by atoms with E-state index in [9.17, 15) is 14.4 Å². The van der Waals surface area contributed by atoms with Gasteiger partial charge in [-0.1, -0.05) is 11.6 Å². The number of carbonyl (C=O) groups is 1. The Morgan fingerprint density at radius 2 is 2.06 bits per heavy atom. The van der Waals surface area contributed by atoms with Gasteiger partial charge in [0.2, 0.25) is 17.6 Å². The van der Waals surface area contributed by atoms with Crippen molar-refractivity contribution in [1.29, 1.82) is 5.26 Å². The average Bonchev–Trinajstić information content (AvgIpc) is 3.42. The number of likely N-dealkylation sites (tertiary alicyclic amines) is 1. The summed E-state index contributed by atoms with van der Waals surface area (Å²) in [4.78, 5) is 20.8. The van der Waals surface area contributed by atoms with Gasteiger partial charge in [-0.15, -0.1) is 11.3 Å². The van der Waals surface area contributed by atoms with E-state index in [-0.39, 0.29) is 17.6 Å². The van der Waals surface area contributed by atoms with E-state index in [0.29, 0.717) is 40.8 Å². The topological polar surface area (TPSA) is 95.1 Å². The van der Waals surface area contributed by atoms with Gasteiger partial charge in [-0.2, -0.15) is 10.2 Å². The number of rotatable bonds is 6. The highest BCUT2D eigenvalue weighted by Gasteiger charge is 2.27. The number of nitriles is 1. The quantitative estimate of drug-likeness (QED) is 0.469. The molecule has 1 atom stereocenters. The van der Waals surface area contributed by atoms with Crippen LogP contribution in [0.25, 0.3) is 11.4 Å². The van der Waals surface area contributed by atoms with Gasteiger partial charge in [0, 0.05) is 30.0 Å². The van der Waals surface area contributed by atoms with Gasteiger partial charge >= 0.3 is 0 Å². The second kappa shape index (κ2) is 10.7. The number of piperidine rings is 1. The predicted octanol–water partition coefficient (Wildman–Crippen LogP) is 5.29. The van der Waals surface area contributed by atoms with Gasteiger partial charge in [0.05, 0.1) is 11.5 Å². The summed E-state index contributed by atoms with van der Waals surface area (Å²) in [7, 11) is 0. The molecule has 0 radical (unpaired) electrons. The molecule has 1 aliphatic heterocycles. The fourth-order valence-corrected chi connectivity index (χ4v) is 6.23. The maximum Gasteiger partial charge on any atom is 0.231 e. The lowest BCUT2D eigenvalue weighted by atomic mass is 9.98. The molecule has 1 N–H and O–H groups in total.